The summed E-state index contributed by atoms with van der Waals surface area (Å²) in [4.78, 5) is 23.9. The highest BCUT2D eigenvalue weighted by Gasteiger charge is 2.30. The molecule has 5 rings (SSSR count). The van der Waals surface area contributed by atoms with Gasteiger partial charge < -0.3 is 10.1 Å². The fourth-order valence-corrected chi connectivity index (χ4v) is 6.09. The first-order chi connectivity index (χ1) is 20.3. The first kappa shape index (κ1) is 30.0. The lowest BCUT2D eigenvalue weighted by Gasteiger charge is -2.32. The average molecular weight is 581 g/mol. The number of pyridine rings is 2. The van der Waals surface area contributed by atoms with E-state index in [-0.39, 0.29) is 24.0 Å². The van der Waals surface area contributed by atoms with Crippen molar-refractivity contribution >= 4 is 5.91 Å². The van der Waals surface area contributed by atoms with Gasteiger partial charge in [-0.2, -0.15) is 13.2 Å². The quantitative estimate of drug-likeness (QED) is 0.321. The van der Waals surface area contributed by atoms with Gasteiger partial charge >= 0.3 is 6.18 Å². The SMILES string of the molecule is O=C(NC1CCN(Cc2cccnc2)CC1)c1cncc(OC2CCCCC(c3ccc(C(F)(F)F)cc3)CCC2)c1. The molecule has 1 amide bonds. The van der Waals surface area contributed by atoms with Crippen LogP contribution in [0.4, 0.5) is 13.2 Å². The van der Waals surface area contributed by atoms with E-state index in [9.17, 15) is 18.0 Å². The van der Waals surface area contributed by atoms with Crippen molar-refractivity contribution in [2.24, 2.45) is 0 Å². The van der Waals surface area contributed by atoms with Gasteiger partial charge in [0.05, 0.1) is 23.4 Å². The van der Waals surface area contributed by atoms with Gasteiger partial charge in [0.25, 0.3) is 5.91 Å². The zero-order valence-electron chi connectivity index (χ0n) is 23.9. The maximum atomic E-state index is 13.0. The highest BCUT2D eigenvalue weighted by atomic mass is 19.4. The molecule has 42 heavy (non-hydrogen) atoms. The Morgan fingerprint density at radius 1 is 0.905 bits per heavy atom. The maximum Gasteiger partial charge on any atom is 0.416 e. The summed E-state index contributed by atoms with van der Waals surface area (Å²) in [6.07, 6.45) is 10.9. The lowest BCUT2D eigenvalue weighted by Crippen LogP contribution is -2.44. The smallest absolute Gasteiger partial charge is 0.416 e. The number of rotatable bonds is 7. The summed E-state index contributed by atoms with van der Waals surface area (Å²) >= 11 is 0. The van der Waals surface area contributed by atoms with Crippen molar-refractivity contribution in [2.75, 3.05) is 13.1 Å². The molecular formula is C33H39F3N4O2. The van der Waals surface area contributed by atoms with Gasteiger partial charge in [0.15, 0.2) is 0 Å². The molecule has 0 bridgehead atoms. The number of amides is 1. The Hall–Kier alpha value is -3.46. The second-order valence-corrected chi connectivity index (χ2v) is 11.6. The van der Waals surface area contributed by atoms with Crippen LogP contribution in [0.15, 0.2) is 67.3 Å². The van der Waals surface area contributed by atoms with Gasteiger partial charge in [-0.1, -0.05) is 24.6 Å². The fraction of sp³-hybridized carbons (Fsp3) is 0.485. The molecule has 0 spiro atoms. The lowest BCUT2D eigenvalue weighted by atomic mass is 9.89. The number of aromatic nitrogens is 2. The third-order valence-corrected chi connectivity index (χ3v) is 8.45. The Balaban J connectivity index is 1.09. The van der Waals surface area contributed by atoms with E-state index in [4.69, 9.17) is 4.74 Å². The zero-order valence-corrected chi connectivity index (χ0v) is 23.9. The van der Waals surface area contributed by atoms with Crippen LogP contribution >= 0.6 is 0 Å². The first-order valence-corrected chi connectivity index (χ1v) is 15.0. The highest BCUT2D eigenvalue weighted by molar-refractivity contribution is 5.94. The number of hydrogen-bond donors (Lipinski definition) is 1. The monoisotopic (exact) mass is 580 g/mol. The van der Waals surface area contributed by atoms with E-state index in [1.165, 1.54) is 17.7 Å². The number of carbonyl (C=O) groups is 1. The van der Waals surface area contributed by atoms with Crippen molar-refractivity contribution in [3.05, 3.63) is 89.5 Å². The predicted octanol–water partition coefficient (Wildman–Crippen LogP) is 7.17. The number of carbonyl (C=O) groups excluding carboxylic acids is 1. The van der Waals surface area contributed by atoms with E-state index in [1.807, 2.05) is 12.3 Å². The fourth-order valence-electron chi connectivity index (χ4n) is 6.09. The molecule has 1 aliphatic heterocycles. The van der Waals surface area contributed by atoms with Crippen LogP contribution in [0.3, 0.4) is 0 Å². The molecule has 2 unspecified atom stereocenters. The van der Waals surface area contributed by atoms with Crippen LogP contribution in [0.1, 0.15) is 90.8 Å². The third kappa shape index (κ3) is 8.53. The second kappa shape index (κ2) is 14.1. The van der Waals surface area contributed by atoms with E-state index in [0.717, 1.165) is 83.0 Å². The first-order valence-electron chi connectivity index (χ1n) is 15.0. The van der Waals surface area contributed by atoms with Crippen LogP contribution < -0.4 is 10.1 Å². The molecule has 1 aliphatic carbocycles. The predicted molar refractivity (Wildman–Crippen MR) is 155 cm³/mol. The van der Waals surface area contributed by atoms with E-state index < -0.39 is 11.7 Å². The largest absolute Gasteiger partial charge is 0.489 e. The number of alkyl halides is 3. The Labute approximate surface area is 245 Å². The van der Waals surface area contributed by atoms with Gasteiger partial charge in [-0.05, 0) is 92.7 Å². The number of likely N-dealkylation sites (tertiary alicyclic amines) is 1. The van der Waals surface area contributed by atoms with E-state index in [0.29, 0.717) is 11.3 Å². The lowest BCUT2D eigenvalue weighted by molar-refractivity contribution is -0.137. The summed E-state index contributed by atoms with van der Waals surface area (Å²) in [5, 5.41) is 3.17. The molecular weight excluding hydrogens is 541 g/mol. The van der Waals surface area contributed by atoms with Gasteiger partial charge in [-0.25, -0.2) is 0 Å². The van der Waals surface area contributed by atoms with Crippen LogP contribution in [-0.4, -0.2) is 46.0 Å². The highest BCUT2D eigenvalue weighted by Crippen LogP contribution is 2.34. The minimum atomic E-state index is -4.31. The minimum Gasteiger partial charge on any atom is -0.489 e. The van der Waals surface area contributed by atoms with Gasteiger partial charge in [-0.3, -0.25) is 19.7 Å². The van der Waals surface area contributed by atoms with Gasteiger partial charge in [0.1, 0.15) is 5.75 Å². The number of nitrogens with zero attached hydrogens (tertiary/aromatic N) is 3. The molecule has 1 aromatic carbocycles. The average Bonchev–Trinajstić information content (AvgIpc) is 3.11. The Morgan fingerprint density at radius 2 is 1.64 bits per heavy atom. The summed E-state index contributed by atoms with van der Waals surface area (Å²) in [6.45, 7) is 2.71. The molecule has 1 saturated heterocycles. The summed E-state index contributed by atoms with van der Waals surface area (Å²) in [7, 11) is 0. The summed E-state index contributed by atoms with van der Waals surface area (Å²) in [5.41, 5.74) is 2.07. The Bertz CT molecular complexity index is 1280. The number of halogens is 3. The molecule has 2 fully saturated rings. The molecule has 224 valence electrons. The molecule has 6 nitrogen and oxygen atoms in total. The molecule has 9 heteroatoms. The van der Waals surface area contributed by atoms with Gasteiger partial charge in [-0.15, -0.1) is 0 Å². The van der Waals surface area contributed by atoms with Crippen molar-refractivity contribution in [3.8, 4) is 5.75 Å². The van der Waals surface area contributed by atoms with Crippen LogP contribution in [0.2, 0.25) is 0 Å². The van der Waals surface area contributed by atoms with Crippen molar-refractivity contribution in [3.63, 3.8) is 0 Å². The molecule has 1 N–H and O–H groups in total. The normalized spacial score (nSPS) is 21.1. The van der Waals surface area contributed by atoms with E-state index >= 15 is 0 Å². The van der Waals surface area contributed by atoms with Crippen molar-refractivity contribution < 1.29 is 22.7 Å². The number of nitrogens with one attached hydrogen (secondary N) is 1. The third-order valence-electron chi connectivity index (χ3n) is 8.45. The summed E-state index contributed by atoms with van der Waals surface area (Å²) in [5.74, 6) is 0.715. The Kier molecular flexibility index (Phi) is 10.1. The zero-order chi connectivity index (χ0) is 29.4. The Morgan fingerprint density at radius 3 is 2.38 bits per heavy atom. The number of benzene rings is 1. The maximum absolute atomic E-state index is 13.0. The van der Waals surface area contributed by atoms with Crippen molar-refractivity contribution in [1.82, 2.24) is 20.2 Å². The van der Waals surface area contributed by atoms with Gasteiger partial charge in [0.2, 0.25) is 0 Å². The van der Waals surface area contributed by atoms with E-state index in [1.54, 1.807) is 36.8 Å². The molecule has 0 radical (unpaired) electrons. The van der Waals surface area contributed by atoms with E-state index in [2.05, 4.69) is 26.3 Å². The van der Waals surface area contributed by atoms with Gasteiger partial charge in [0, 0.05) is 44.3 Å². The summed E-state index contributed by atoms with van der Waals surface area (Å²) < 4.78 is 45.2. The molecule has 2 atom stereocenters. The molecule has 1 saturated carbocycles. The number of ether oxygens (including phenoxy) is 1. The van der Waals surface area contributed by atoms with Crippen LogP contribution in [0.25, 0.3) is 0 Å². The molecule has 3 aromatic rings. The van der Waals surface area contributed by atoms with Crippen LogP contribution in [0.5, 0.6) is 5.75 Å². The topological polar surface area (TPSA) is 67.4 Å². The van der Waals surface area contributed by atoms with Crippen LogP contribution in [0, 0.1) is 0 Å². The summed E-state index contributed by atoms with van der Waals surface area (Å²) in [6, 6.07) is 11.6. The van der Waals surface area contributed by atoms with Crippen molar-refractivity contribution in [1.29, 1.82) is 0 Å². The molecule has 3 heterocycles. The molecule has 2 aromatic heterocycles. The van der Waals surface area contributed by atoms with Crippen LogP contribution in [-0.2, 0) is 12.7 Å². The number of piperidine rings is 1. The minimum absolute atomic E-state index is 0.0145. The number of hydrogen-bond acceptors (Lipinski definition) is 5. The molecule has 2 aliphatic rings. The van der Waals surface area contributed by atoms with Crippen molar-refractivity contribution in [2.45, 2.75) is 88.6 Å². The standard InChI is InChI=1S/C33H39F3N4O2/c34-33(35,36)28-12-10-26(11-13-28)25-6-1-2-8-30(9-3-7-25)42-31-19-27(21-38-22-31)32(41)39-29-14-17-40(18-15-29)23-24-5-4-16-37-20-24/h4-5,10-13,16,19-22,25,29-30H,1-3,6-9,14-15,17-18,23H2,(H,39,41). The second-order valence-electron chi connectivity index (χ2n) is 11.6.